The standard InChI is InChI=1S/C18H18Cl2O6Te/c1-23-17(21)11-25-13-3-7-15(8-4-13)27(19,20)16-9-5-14(6-10-16)26-12-18(22)24-2/h3-10H,11-12H2,1-2H3. The van der Waals surface area contributed by atoms with E-state index in [1.54, 1.807) is 48.5 Å². The minimum atomic E-state index is -3.56. The molecule has 6 nitrogen and oxygen atoms in total. The fourth-order valence-electron chi connectivity index (χ4n) is 1.95. The van der Waals surface area contributed by atoms with Gasteiger partial charge < -0.3 is 0 Å². The zero-order valence-electron chi connectivity index (χ0n) is 14.6. The van der Waals surface area contributed by atoms with Gasteiger partial charge in [-0.2, -0.15) is 0 Å². The van der Waals surface area contributed by atoms with Crippen molar-refractivity contribution in [3.63, 3.8) is 0 Å². The molecular weight excluding hydrogens is 511 g/mol. The summed E-state index contributed by atoms with van der Waals surface area (Å²) >= 11 is -3.56. The molecule has 0 saturated carbocycles. The average molecular weight is 529 g/mol. The van der Waals surface area contributed by atoms with E-state index in [-0.39, 0.29) is 13.2 Å². The molecule has 0 aliphatic carbocycles. The van der Waals surface area contributed by atoms with Gasteiger partial charge in [0.1, 0.15) is 0 Å². The van der Waals surface area contributed by atoms with Crippen LogP contribution < -0.4 is 16.7 Å². The van der Waals surface area contributed by atoms with Gasteiger partial charge in [0.05, 0.1) is 0 Å². The topological polar surface area (TPSA) is 71.1 Å². The molecule has 9 heteroatoms. The van der Waals surface area contributed by atoms with Crippen LogP contribution in [0.25, 0.3) is 0 Å². The van der Waals surface area contributed by atoms with Crippen molar-refractivity contribution < 1.29 is 28.5 Å². The number of esters is 2. The number of hydrogen-bond acceptors (Lipinski definition) is 6. The second kappa shape index (κ2) is 10.0. The predicted octanol–water partition coefficient (Wildman–Crippen LogP) is 1.82. The first-order chi connectivity index (χ1) is 12.9. The molecule has 0 aliphatic rings. The Hall–Kier alpha value is -1.65. The molecule has 0 heterocycles. The second-order valence-electron chi connectivity index (χ2n) is 5.14. The molecular formula is C18H18Cl2O6Te. The van der Waals surface area contributed by atoms with Gasteiger partial charge in [-0.15, -0.1) is 0 Å². The van der Waals surface area contributed by atoms with Crippen molar-refractivity contribution in [3.05, 3.63) is 48.5 Å². The van der Waals surface area contributed by atoms with Crippen molar-refractivity contribution >= 4 is 53.0 Å². The monoisotopic (exact) mass is 530 g/mol. The molecule has 0 aromatic heterocycles. The SMILES string of the molecule is COC(=O)COc1ccc([Te](Cl)(Cl)c2ccc(OCC(=O)OC)cc2)cc1. The fraction of sp³-hybridized carbons (Fsp3) is 0.222. The van der Waals surface area contributed by atoms with Crippen LogP contribution in [0, 0.1) is 0 Å². The number of hydrogen-bond donors (Lipinski definition) is 0. The number of ether oxygens (including phenoxy) is 4. The third-order valence-corrected chi connectivity index (χ3v) is 13.1. The summed E-state index contributed by atoms with van der Waals surface area (Å²) < 4.78 is 21.3. The molecule has 0 aliphatic heterocycles. The van der Waals surface area contributed by atoms with Crippen molar-refractivity contribution in [3.8, 4) is 11.5 Å². The number of carbonyl (C=O) groups excluding carboxylic acids is 2. The van der Waals surface area contributed by atoms with Gasteiger partial charge >= 0.3 is 169 Å². The van der Waals surface area contributed by atoms with Crippen LogP contribution in [0.4, 0.5) is 0 Å². The second-order valence-corrected chi connectivity index (χ2v) is 17.8. The first-order valence-corrected chi connectivity index (χ1v) is 15.9. The van der Waals surface area contributed by atoms with Gasteiger partial charge in [0.2, 0.25) is 0 Å². The van der Waals surface area contributed by atoms with Crippen LogP contribution in [-0.4, -0.2) is 55.3 Å². The van der Waals surface area contributed by atoms with Gasteiger partial charge in [-0.3, -0.25) is 0 Å². The van der Waals surface area contributed by atoms with E-state index in [4.69, 9.17) is 27.4 Å². The Kier molecular flexibility index (Phi) is 8.06. The molecule has 0 amide bonds. The molecule has 146 valence electrons. The molecule has 0 bridgehead atoms. The molecule has 2 aromatic carbocycles. The van der Waals surface area contributed by atoms with E-state index >= 15 is 0 Å². The molecule has 2 aromatic rings. The number of halogens is 2. The average Bonchev–Trinajstić information content (AvgIpc) is 2.70. The first kappa shape index (κ1) is 21.6. The van der Waals surface area contributed by atoms with Crippen molar-refractivity contribution in [2.75, 3.05) is 27.4 Å². The summed E-state index contributed by atoms with van der Waals surface area (Å²) in [7, 11) is 16.0. The van der Waals surface area contributed by atoms with E-state index in [0.29, 0.717) is 11.5 Å². The maximum absolute atomic E-state index is 11.1. The fourth-order valence-corrected chi connectivity index (χ4v) is 8.22. The molecule has 0 fully saturated rings. The van der Waals surface area contributed by atoms with Crippen LogP contribution in [0.2, 0.25) is 0 Å². The summed E-state index contributed by atoms with van der Waals surface area (Å²) in [4.78, 5) is 22.2. The third kappa shape index (κ3) is 6.18. The van der Waals surface area contributed by atoms with E-state index in [1.807, 2.05) is 0 Å². The Morgan fingerprint density at radius 1 is 0.741 bits per heavy atom. The molecule has 0 spiro atoms. The Balaban J connectivity index is 2.06. The zero-order chi connectivity index (χ0) is 19.9. The Bertz CT molecular complexity index is 712. The first-order valence-electron chi connectivity index (χ1n) is 7.69. The molecule has 2 rings (SSSR count). The summed E-state index contributed by atoms with van der Waals surface area (Å²) in [5.74, 6) is 0.108. The molecule has 0 saturated heterocycles. The van der Waals surface area contributed by atoms with E-state index in [2.05, 4.69) is 9.47 Å². The van der Waals surface area contributed by atoms with Gasteiger partial charge in [-0.1, -0.05) is 0 Å². The van der Waals surface area contributed by atoms with Crippen LogP contribution in [-0.2, 0) is 19.1 Å². The van der Waals surface area contributed by atoms with Gasteiger partial charge in [0, 0.05) is 0 Å². The van der Waals surface area contributed by atoms with Gasteiger partial charge in [-0.25, -0.2) is 0 Å². The summed E-state index contributed by atoms with van der Waals surface area (Å²) in [5.41, 5.74) is 0. The van der Waals surface area contributed by atoms with Crippen LogP contribution in [0.1, 0.15) is 0 Å². The number of carbonyl (C=O) groups is 2. The van der Waals surface area contributed by atoms with Crippen molar-refractivity contribution in [1.29, 1.82) is 0 Å². The molecule has 0 atom stereocenters. The Morgan fingerprint density at radius 2 is 1.07 bits per heavy atom. The minimum absolute atomic E-state index is 0.169. The molecule has 27 heavy (non-hydrogen) atoms. The summed E-state index contributed by atoms with van der Waals surface area (Å²) in [5, 5.41) is 0. The van der Waals surface area contributed by atoms with E-state index < -0.39 is 27.9 Å². The van der Waals surface area contributed by atoms with E-state index in [1.165, 1.54) is 14.2 Å². The van der Waals surface area contributed by atoms with Crippen LogP contribution in [0.3, 0.4) is 0 Å². The van der Waals surface area contributed by atoms with E-state index in [0.717, 1.165) is 7.22 Å². The number of benzene rings is 2. The van der Waals surface area contributed by atoms with E-state index in [9.17, 15) is 9.59 Å². The normalized spacial score (nSPS) is 11.4. The molecule has 0 unspecified atom stereocenters. The van der Waals surface area contributed by atoms with Gasteiger partial charge in [0.25, 0.3) is 0 Å². The maximum atomic E-state index is 11.1. The predicted molar refractivity (Wildman–Crippen MR) is 105 cm³/mol. The van der Waals surface area contributed by atoms with Crippen molar-refractivity contribution in [2.24, 2.45) is 0 Å². The number of rotatable bonds is 8. The quantitative estimate of drug-likeness (QED) is 0.385. The van der Waals surface area contributed by atoms with Crippen LogP contribution in [0.15, 0.2) is 48.5 Å². The number of methoxy groups -OCH3 is 2. The Morgan fingerprint density at radius 3 is 1.37 bits per heavy atom. The van der Waals surface area contributed by atoms with Gasteiger partial charge in [0.15, 0.2) is 0 Å². The summed E-state index contributed by atoms with van der Waals surface area (Å²) in [6.07, 6.45) is 0. The molecule has 0 N–H and O–H groups in total. The summed E-state index contributed by atoms with van der Waals surface area (Å²) in [6.45, 7) is -0.338. The van der Waals surface area contributed by atoms with Crippen LogP contribution >= 0.6 is 17.9 Å². The zero-order valence-corrected chi connectivity index (χ0v) is 18.5. The van der Waals surface area contributed by atoms with Gasteiger partial charge in [-0.05, 0) is 0 Å². The third-order valence-electron chi connectivity index (χ3n) is 3.41. The Labute approximate surface area is 168 Å². The molecule has 0 radical (unpaired) electrons. The van der Waals surface area contributed by atoms with Crippen molar-refractivity contribution in [1.82, 2.24) is 0 Å². The summed E-state index contributed by atoms with van der Waals surface area (Å²) in [6, 6.07) is 14.0. The van der Waals surface area contributed by atoms with Crippen LogP contribution in [0.5, 0.6) is 11.5 Å². The van der Waals surface area contributed by atoms with Crippen molar-refractivity contribution in [2.45, 2.75) is 0 Å².